The third-order valence-corrected chi connectivity index (χ3v) is 3.70. The molecular formula is C13H18ClN3S. The maximum absolute atomic E-state index is 5.98. The highest BCUT2D eigenvalue weighted by Gasteiger charge is 2.11. The lowest BCUT2D eigenvalue weighted by atomic mass is 10.1. The maximum atomic E-state index is 5.98. The highest BCUT2D eigenvalue weighted by Crippen LogP contribution is 2.29. The van der Waals surface area contributed by atoms with Gasteiger partial charge in [0.1, 0.15) is 0 Å². The second-order valence-electron chi connectivity index (χ2n) is 4.84. The van der Waals surface area contributed by atoms with Crippen LogP contribution in [-0.2, 0) is 13.6 Å². The van der Waals surface area contributed by atoms with Crippen LogP contribution in [0.2, 0.25) is 4.34 Å². The van der Waals surface area contributed by atoms with Crippen LogP contribution in [0.25, 0.3) is 11.3 Å². The molecule has 0 fully saturated rings. The van der Waals surface area contributed by atoms with E-state index in [2.05, 4.69) is 35.8 Å². The Hall–Kier alpha value is -0.840. The van der Waals surface area contributed by atoms with Crippen LogP contribution in [0.15, 0.2) is 17.6 Å². The lowest BCUT2D eigenvalue weighted by Gasteiger charge is -2.06. The van der Waals surface area contributed by atoms with Gasteiger partial charge in [-0.05, 0) is 18.5 Å². The molecule has 18 heavy (non-hydrogen) atoms. The Bertz CT molecular complexity index is 516. The summed E-state index contributed by atoms with van der Waals surface area (Å²) in [6.07, 6.45) is 2.06. The average Bonchev–Trinajstić information content (AvgIpc) is 2.84. The number of nitrogens with zero attached hydrogens (tertiary/aromatic N) is 2. The van der Waals surface area contributed by atoms with Crippen molar-refractivity contribution < 1.29 is 0 Å². The molecule has 0 saturated carbocycles. The van der Waals surface area contributed by atoms with Gasteiger partial charge in [-0.15, -0.1) is 11.3 Å². The van der Waals surface area contributed by atoms with Gasteiger partial charge >= 0.3 is 0 Å². The van der Waals surface area contributed by atoms with Crippen molar-refractivity contribution in [1.29, 1.82) is 0 Å². The SMILES string of the molecule is CC(C)CNCc1cn(C)nc1-c1csc(Cl)c1. The molecule has 0 aromatic carbocycles. The largest absolute Gasteiger partial charge is 0.312 e. The van der Waals surface area contributed by atoms with Crippen molar-refractivity contribution in [3.63, 3.8) is 0 Å². The molecule has 2 aromatic rings. The minimum absolute atomic E-state index is 0.653. The Kier molecular flexibility index (Phi) is 4.43. The average molecular weight is 284 g/mol. The molecule has 0 saturated heterocycles. The smallest absolute Gasteiger partial charge is 0.0976 e. The van der Waals surface area contributed by atoms with Gasteiger partial charge in [-0.25, -0.2) is 0 Å². The van der Waals surface area contributed by atoms with Crippen LogP contribution in [0.4, 0.5) is 0 Å². The zero-order valence-corrected chi connectivity index (χ0v) is 12.5. The van der Waals surface area contributed by atoms with Gasteiger partial charge in [-0.1, -0.05) is 25.4 Å². The van der Waals surface area contributed by atoms with E-state index in [4.69, 9.17) is 11.6 Å². The van der Waals surface area contributed by atoms with E-state index in [1.807, 2.05) is 17.8 Å². The van der Waals surface area contributed by atoms with Crippen LogP contribution in [0.3, 0.4) is 0 Å². The van der Waals surface area contributed by atoms with Crippen molar-refractivity contribution in [2.75, 3.05) is 6.54 Å². The van der Waals surface area contributed by atoms with Gasteiger partial charge < -0.3 is 5.32 Å². The molecule has 2 aromatic heterocycles. The monoisotopic (exact) mass is 283 g/mol. The predicted molar refractivity (Wildman–Crippen MR) is 78.1 cm³/mol. The fourth-order valence-electron chi connectivity index (χ4n) is 1.84. The third kappa shape index (κ3) is 3.34. The Labute approximate surface area is 117 Å². The molecule has 0 aliphatic carbocycles. The summed E-state index contributed by atoms with van der Waals surface area (Å²) in [5, 5.41) is 10.0. The van der Waals surface area contributed by atoms with Crippen molar-refractivity contribution >= 4 is 22.9 Å². The molecule has 0 unspecified atom stereocenters. The summed E-state index contributed by atoms with van der Waals surface area (Å²) in [7, 11) is 1.95. The van der Waals surface area contributed by atoms with Crippen molar-refractivity contribution in [2.45, 2.75) is 20.4 Å². The van der Waals surface area contributed by atoms with Gasteiger partial charge in [-0.2, -0.15) is 5.10 Å². The minimum atomic E-state index is 0.653. The van der Waals surface area contributed by atoms with Crippen LogP contribution in [0.5, 0.6) is 0 Å². The second-order valence-corrected chi connectivity index (χ2v) is 6.38. The number of nitrogens with one attached hydrogen (secondary N) is 1. The van der Waals surface area contributed by atoms with Crippen LogP contribution in [0, 0.1) is 5.92 Å². The molecule has 0 radical (unpaired) electrons. The first-order valence-corrected chi connectivity index (χ1v) is 7.29. The van der Waals surface area contributed by atoms with Gasteiger partial charge in [-0.3, -0.25) is 4.68 Å². The summed E-state index contributed by atoms with van der Waals surface area (Å²) in [6, 6.07) is 1.97. The Morgan fingerprint density at radius 3 is 2.89 bits per heavy atom. The highest BCUT2D eigenvalue weighted by atomic mass is 35.5. The molecule has 98 valence electrons. The summed E-state index contributed by atoms with van der Waals surface area (Å²) in [4.78, 5) is 0. The van der Waals surface area contributed by atoms with Gasteiger partial charge in [0.05, 0.1) is 10.0 Å². The summed E-state index contributed by atoms with van der Waals surface area (Å²) >= 11 is 7.53. The van der Waals surface area contributed by atoms with Gasteiger partial charge in [0, 0.05) is 36.3 Å². The second kappa shape index (κ2) is 5.87. The third-order valence-electron chi connectivity index (χ3n) is 2.61. The van der Waals surface area contributed by atoms with Crippen LogP contribution in [0.1, 0.15) is 19.4 Å². The molecule has 0 bridgehead atoms. The molecule has 0 aliphatic rings. The maximum Gasteiger partial charge on any atom is 0.0976 e. The molecule has 2 rings (SSSR count). The minimum Gasteiger partial charge on any atom is -0.312 e. The first-order valence-electron chi connectivity index (χ1n) is 6.04. The summed E-state index contributed by atoms with van der Waals surface area (Å²) in [5.41, 5.74) is 3.34. The molecule has 0 spiro atoms. The predicted octanol–water partition coefficient (Wildman–Crippen LogP) is 3.55. The first-order chi connectivity index (χ1) is 8.56. The van der Waals surface area contributed by atoms with E-state index < -0.39 is 0 Å². The summed E-state index contributed by atoms with van der Waals surface area (Å²) < 4.78 is 2.66. The lowest BCUT2D eigenvalue weighted by Crippen LogP contribution is -2.19. The van der Waals surface area contributed by atoms with E-state index in [1.54, 1.807) is 11.3 Å². The summed E-state index contributed by atoms with van der Waals surface area (Å²) in [5.74, 6) is 0.653. The van der Waals surface area contributed by atoms with E-state index in [9.17, 15) is 0 Å². The Morgan fingerprint density at radius 1 is 1.50 bits per heavy atom. The molecular weight excluding hydrogens is 266 g/mol. The normalized spacial score (nSPS) is 11.4. The standard InChI is InChI=1S/C13H18ClN3S/c1-9(2)5-15-6-11-7-17(3)16-13(11)10-4-12(14)18-8-10/h4,7-9,15H,5-6H2,1-3H3. The van der Waals surface area contributed by atoms with E-state index in [-0.39, 0.29) is 0 Å². The number of aryl methyl sites for hydroxylation is 1. The van der Waals surface area contributed by atoms with E-state index in [1.165, 1.54) is 5.56 Å². The van der Waals surface area contributed by atoms with E-state index >= 15 is 0 Å². The number of halogens is 1. The zero-order chi connectivity index (χ0) is 13.1. The summed E-state index contributed by atoms with van der Waals surface area (Å²) in [6.45, 7) is 6.26. The van der Waals surface area contributed by atoms with Crippen molar-refractivity contribution in [1.82, 2.24) is 15.1 Å². The Morgan fingerprint density at radius 2 is 2.28 bits per heavy atom. The van der Waals surface area contributed by atoms with Gasteiger partial charge in [0.25, 0.3) is 0 Å². The fourth-order valence-corrected chi connectivity index (χ4v) is 2.71. The topological polar surface area (TPSA) is 29.9 Å². The lowest BCUT2D eigenvalue weighted by molar-refractivity contribution is 0.552. The molecule has 2 heterocycles. The number of rotatable bonds is 5. The molecule has 3 nitrogen and oxygen atoms in total. The van der Waals surface area contributed by atoms with Crippen molar-refractivity contribution in [2.24, 2.45) is 13.0 Å². The number of thiophene rings is 1. The van der Waals surface area contributed by atoms with Gasteiger partial charge in [0.2, 0.25) is 0 Å². The number of hydrogen-bond acceptors (Lipinski definition) is 3. The highest BCUT2D eigenvalue weighted by molar-refractivity contribution is 7.14. The van der Waals surface area contributed by atoms with E-state index in [0.29, 0.717) is 5.92 Å². The molecule has 0 atom stereocenters. The quantitative estimate of drug-likeness (QED) is 0.909. The van der Waals surface area contributed by atoms with Crippen LogP contribution in [-0.4, -0.2) is 16.3 Å². The number of aromatic nitrogens is 2. The molecule has 0 amide bonds. The Balaban J connectivity index is 2.15. The first kappa shape index (κ1) is 13.6. The fraction of sp³-hybridized carbons (Fsp3) is 0.462. The van der Waals surface area contributed by atoms with Crippen molar-refractivity contribution in [3.05, 3.63) is 27.5 Å². The molecule has 0 aliphatic heterocycles. The van der Waals surface area contributed by atoms with Gasteiger partial charge in [0.15, 0.2) is 0 Å². The van der Waals surface area contributed by atoms with E-state index in [0.717, 1.165) is 28.7 Å². The van der Waals surface area contributed by atoms with Crippen molar-refractivity contribution in [3.8, 4) is 11.3 Å². The molecule has 5 heteroatoms. The zero-order valence-electron chi connectivity index (χ0n) is 10.9. The van der Waals surface area contributed by atoms with Crippen LogP contribution >= 0.6 is 22.9 Å². The molecule has 1 N–H and O–H groups in total. The number of hydrogen-bond donors (Lipinski definition) is 1. The van der Waals surface area contributed by atoms with Crippen LogP contribution < -0.4 is 5.32 Å².